The lowest BCUT2D eigenvalue weighted by Gasteiger charge is -2.35. The summed E-state index contributed by atoms with van der Waals surface area (Å²) in [6.07, 6.45) is 3.66. The van der Waals surface area contributed by atoms with E-state index >= 15 is 0 Å². The number of aryl methyl sites for hydroxylation is 1. The molecule has 0 spiro atoms. The maximum atomic E-state index is 12.7. The minimum Gasteiger partial charge on any atom is -0.361 e. The van der Waals surface area contributed by atoms with E-state index in [9.17, 15) is 14.9 Å². The summed E-state index contributed by atoms with van der Waals surface area (Å²) in [5, 5.41) is 14.4. The molecular formula is C20H24N6O3. The van der Waals surface area contributed by atoms with Crippen molar-refractivity contribution < 1.29 is 9.72 Å². The zero-order valence-electron chi connectivity index (χ0n) is 16.4. The molecule has 9 nitrogen and oxygen atoms in total. The Morgan fingerprint density at radius 3 is 2.62 bits per heavy atom. The maximum absolute atomic E-state index is 12.7. The van der Waals surface area contributed by atoms with Gasteiger partial charge in [-0.1, -0.05) is 24.3 Å². The molecule has 1 aliphatic carbocycles. The predicted molar refractivity (Wildman–Crippen MR) is 109 cm³/mol. The van der Waals surface area contributed by atoms with Gasteiger partial charge in [0.1, 0.15) is 6.20 Å². The van der Waals surface area contributed by atoms with Gasteiger partial charge < -0.3 is 15.1 Å². The van der Waals surface area contributed by atoms with Gasteiger partial charge in [-0.15, -0.1) is 0 Å². The van der Waals surface area contributed by atoms with Crippen LogP contribution in [0.2, 0.25) is 0 Å². The number of carbonyl (C=O) groups is 1. The van der Waals surface area contributed by atoms with E-state index in [0.717, 1.165) is 24.0 Å². The van der Waals surface area contributed by atoms with Gasteiger partial charge in [0.05, 0.1) is 11.3 Å². The Hall–Kier alpha value is -3.23. The van der Waals surface area contributed by atoms with Crippen molar-refractivity contribution in [2.45, 2.75) is 32.2 Å². The molecule has 9 heteroatoms. The molecule has 1 aromatic heterocycles. The summed E-state index contributed by atoms with van der Waals surface area (Å²) in [7, 11) is 0. The fourth-order valence-corrected chi connectivity index (χ4v) is 3.42. The zero-order chi connectivity index (χ0) is 20.4. The van der Waals surface area contributed by atoms with Crippen molar-refractivity contribution in [3.8, 4) is 0 Å². The predicted octanol–water partition coefficient (Wildman–Crippen LogP) is 2.16. The van der Waals surface area contributed by atoms with Crippen molar-refractivity contribution in [3.63, 3.8) is 0 Å². The first-order chi connectivity index (χ1) is 14.0. The molecule has 2 aliphatic rings. The molecule has 0 unspecified atom stereocenters. The van der Waals surface area contributed by atoms with Gasteiger partial charge in [0, 0.05) is 32.2 Å². The molecule has 2 fully saturated rings. The zero-order valence-corrected chi connectivity index (χ0v) is 16.4. The van der Waals surface area contributed by atoms with E-state index in [-0.39, 0.29) is 23.5 Å². The quantitative estimate of drug-likeness (QED) is 0.589. The van der Waals surface area contributed by atoms with Crippen LogP contribution in [0.3, 0.4) is 0 Å². The Morgan fingerprint density at radius 2 is 1.97 bits per heavy atom. The number of anilines is 2. The summed E-state index contributed by atoms with van der Waals surface area (Å²) >= 11 is 0. The van der Waals surface area contributed by atoms with E-state index < -0.39 is 4.92 Å². The van der Waals surface area contributed by atoms with Crippen molar-refractivity contribution in [2.24, 2.45) is 0 Å². The molecule has 1 saturated carbocycles. The lowest BCUT2D eigenvalue weighted by molar-refractivity contribution is -0.384. The van der Waals surface area contributed by atoms with Crippen LogP contribution in [0.25, 0.3) is 0 Å². The number of rotatable bonds is 6. The standard InChI is InChI=1S/C20H24N6O3/c1-14-4-2-3-5-15(14)12-18(27)24-8-10-25(11-9-24)20-21-13-17(26(28)29)19(23-20)22-16-6-7-16/h2-5,13,16H,6-12H2,1H3,(H,21,22,23). The molecule has 0 atom stereocenters. The van der Waals surface area contributed by atoms with Crippen LogP contribution in [0.15, 0.2) is 30.5 Å². The van der Waals surface area contributed by atoms with Crippen molar-refractivity contribution >= 4 is 23.4 Å². The number of hydrogen-bond acceptors (Lipinski definition) is 7. The summed E-state index contributed by atoms with van der Waals surface area (Å²) in [5.74, 6) is 0.852. The summed E-state index contributed by atoms with van der Waals surface area (Å²) in [6.45, 7) is 4.37. The minimum absolute atomic E-state index is 0.104. The third-order valence-electron chi connectivity index (χ3n) is 5.39. The summed E-state index contributed by atoms with van der Waals surface area (Å²) < 4.78 is 0. The SMILES string of the molecule is Cc1ccccc1CC(=O)N1CCN(c2ncc([N+](=O)[O-])c(NC3CC3)n2)CC1. The number of nitro groups is 1. The van der Waals surface area contributed by atoms with E-state index in [1.165, 1.54) is 6.20 Å². The Labute approximate surface area is 168 Å². The first-order valence-electron chi connectivity index (χ1n) is 9.86. The fraction of sp³-hybridized carbons (Fsp3) is 0.450. The molecule has 1 saturated heterocycles. The fourth-order valence-electron chi connectivity index (χ4n) is 3.42. The van der Waals surface area contributed by atoms with E-state index in [0.29, 0.717) is 38.5 Å². The molecule has 4 rings (SSSR count). The molecule has 2 heterocycles. The highest BCUT2D eigenvalue weighted by molar-refractivity contribution is 5.79. The van der Waals surface area contributed by atoms with Crippen molar-refractivity contribution in [1.29, 1.82) is 0 Å². The number of nitrogens with zero attached hydrogens (tertiary/aromatic N) is 5. The number of benzene rings is 1. The summed E-state index contributed by atoms with van der Waals surface area (Å²) in [5.41, 5.74) is 2.07. The topological polar surface area (TPSA) is 104 Å². The highest BCUT2D eigenvalue weighted by Crippen LogP contribution is 2.30. The third-order valence-corrected chi connectivity index (χ3v) is 5.39. The maximum Gasteiger partial charge on any atom is 0.329 e. The van der Waals surface area contributed by atoms with Gasteiger partial charge in [-0.2, -0.15) is 4.98 Å². The average Bonchev–Trinajstić information content (AvgIpc) is 3.53. The second-order valence-corrected chi connectivity index (χ2v) is 7.55. The van der Waals surface area contributed by atoms with E-state index in [1.807, 2.05) is 41.0 Å². The van der Waals surface area contributed by atoms with Crippen LogP contribution in [0.5, 0.6) is 0 Å². The second kappa shape index (κ2) is 8.02. The molecule has 1 amide bonds. The van der Waals surface area contributed by atoms with Gasteiger partial charge in [0.2, 0.25) is 17.7 Å². The molecule has 0 radical (unpaired) electrons. The number of hydrogen-bond donors (Lipinski definition) is 1. The van der Waals surface area contributed by atoms with E-state index in [1.54, 1.807) is 0 Å². The van der Waals surface area contributed by atoms with Crippen LogP contribution in [0.1, 0.15) is 24.0 Å². The van der Waals surface area contributed by atoms with Crippen LogP contribution in [0, 0.1) is 17.0 Å². The van der Waals surface area contributed by atoms with Gasteiger partial charge in [-0.25, -0.2) is 4.98 Å². The van der Waals surface area contributed by atoms with Gasteiger partial charge in [-0.05, 0) is 30.9 Å². The average molecular weight is 396 g/mol. The van der Waals surface area contributed by atoms with Crippen LogP contribution < -0.4 is 10.2 Å². The summed E-state index contributed by atoms with van der Waals surface area (Å²) in [6, 6.07) is 8.18. The lowest BCUT2D eigenvalue weighted by Crippen LogP contribution is -2.49. The second-order valence-electron chi connectivity index (χ2n) is 7.55. The van der Waals surface area contributed by atoms with Gasteiger partial charge in [0.25, 0.3) is 0 Å². The lowest BCUT2D eigenvalue weighted by atomic mass is 10.1. The highest BCUT2D eigenvalue weighted by Gasteiger charge is 2.28. The van der Waals surface area contributed by atoms with Gasteiger partial charge >= 0.3 is 5.69 Å². The first-order valence-corrected chi connectivity index (χ1v) is 9.86. The number of aromatic nitrogens is 2. The van der Waals surface area contributed by atoms with E-state index in [4.69, 9.17) is 0 Å². The number of nitrogens with one attached hydrogen (secondary N) is 1. The molecule has 2 aromatic rings. The Kier molecular flexibility index (Phi) is 5.28. The largest absolute Gasteiger partial charge is 0.361 e. The molecule has 29 heavy (non-hydrogen) atoms. The summed E-state index contributed by atoms with van der Waals surface area (Å²) in [4.78, 5) is 35.9. The first kappa shape index (κ1) is 19.1. The minimum atomic E-state index is -0.462. The normalized spacial score (nSPS) is 16.6. The third kappa shape index (κ3) is 4.44. The molecular weight excluding hydrogens is 372 g/mol. The number of carbonyl (C=O) groups excluding carboxylic acids is 1. The smallest absolute Gasteiger partial charge is 0.329 e. The molecule has 1 aliphatic heterocycles. The Morgan fingerprint density at radius 1 is 1.24 bits per heavy atom. The van der Waals surface area contributed by atoms with Crippen LogP contribution in [-0.4, -0.2) is 57.9 Å². The van der Waals surface area contributed by atoms with Crippen LogP contribution in [-0.2, 0) is 11.2 Å². The Balaban J connectivity index is 1.39. The van der Waals surface area contributed by atoms with Crippen molar-refractivity contribution in [3.05, 3.63) is 51.7 Å². The highest BCUT2D eigenvalue weighted by atomic mass is 16.6. The Bertz CT molecular complexity index is 922. The molecule has 152 valence electrons. The number of amides is 1. The van der Waals surface area contributed by atoms with E-state index in [2.05, 4.69) is 15.3 Å². The monoisotopic (exact) mass is 396 g/mol. The molecule has 1 N–H and O–H groups in total. The molecule has 1 aromatic carbocycles. The van der Waals surface area contributed by atoms with Crippen LogP contribution >= 0.6 is 0 Å². The van der Waals surface area contributed by atoms with Crippen molar-refractivity contribution in [1.82, 2.24) is 14.9 Å². The van der Waals surface area contributed by atoms with Crippen molar-refractivity contribution in [2.75, 3.05) is 36.4 Å². The van der Waals surface area contributed by atoms with Crippen LogP contribution in [0.4, 0.5) is 17.5 Å². The van der Waals surface area contributed by atoms with Gasteiger partial charge in [0.15, 0.2) is 0 Å². The molecule has 0 bridgehead atoms. The number of piperazine rings is 1. The van der Waals surface area contributed by atoms with Gasteiger partial charge in [-0.3, -0.25) is 14.9 Å².